The van der Waals surface area contributed by atoms with Crippen molar-refractivity contribution in [1.29, 1.82) is 0 Å². The monoisotopic (exact) mass is 341 g/mol. The number of nitrogens with zero attached hydrogens (tertiary/aromatic N) is 1. The van der Waals surface area contributed by atoms with Gasteiger partial charge >= 0.3 is 5.97 Å². The molecule has 2 atom stereocenters. The minimum atomic E-state index is -1.09. The Morgan fingerprint density at radius 1 is 1.20 bits per heavy atom. The molecule has 25 heavy (non-hydrogen) atoms. The second kappa shape index (κ2) is 8.55. The zero-order valence-electron chi connectivity index (χ0n) is 14.4. The van der Waals surface area contributed by atoms with Gasteiger partial charge in [0.1, 0.15) is 0 Å². The van der Waals surface area contributed by atoms with Gasteiger partial charge in [0, 0.05) is 23.4 Å². The molecule has 2 aromatic rings. The van der Waals surface area contributed by atoms with E-state index in [2.05, 4.69) is 4.98 Å². The van der Waals surface area contributed by atoms with Crippen molar-refractivity contribution in [3.8, 4) is 11.1 Å². The smallest absolute Gasteiger partial charge is 0.305 e. The number of pyridine rings is 1. The Balaban J connectivity index is 2.25. The standard InChI is InChI=1S/C20H23NO4/c1-13-10-19(15-6-4-3-5-7-15)18(14(2)21-13)9-8-16(22)11-17(23)12-20(24)25/h3-10,16-17,22-23H,11-12H2,1-2H3,(H,24,25)/b9-8+. The molecule has 2 rings (SSSR count). The molecule has 1 heterocycles. The molecule has 0 aliphatic carbocycles. The van der Waals surface area contributed by atoms with Crippen molar-refractivity contribution in [3.05, 3.63) is 59.4 Å². The minimum absolute atomic E-state index is 0.0260. The third-order valence-corrected chi connectivity index (χ3v) is 3.87. The summed E-state index contributed by atoms with van der Waals surface area (Å²) in [5, 5.41) is 28.3. The van der Waals surface area contributed by atoms with E-state index in [1.165, 1.54) is 0 Å². The fraction of sp³-hybridized carbons (Fsp3) is 0.300. The zero-order valence-corrected chi connectivity index (χ0v) is 14.4. The fourth-order valence-electron chi connectivity index (χ4n) is 2.76. The van der Waals surface area contributed by atoms with Crippen LogP contribution < -0.4 is 0 Å². The van der Waals surface area contributed by atoms with Gasteiger partial charge in [-0.1, -0.05) is 42.5 Å². The number of aryl methyl sites for hydroxylation is 2. The summed E-state index contributed by atoms with van der Waals surface area (Å²) in [5.74, 6) is -1.09. The lowest BCUT2D eigenvalue weighted by atomic mass is 9.97. The van der Waals surface area contributed by atoms with Crippen LogP contribution in [-0.2, 0) is 4.79 Å². The number of aliphatic carboxylic acids is 1. The van der Waals surface area contributed by atoms with Crippen molar-refractivity contribution < 1.29 is 20.1 Å². The number of carbonyl (C=O) groups is 1. The highest BCUT2D eigenvalue weighted by Gasteiger charge is 2.14. The molecule has 0 saturated heterocycles. The van der Waals surface area contributed by atoms with E-state index >= 15 is 0 Å². The van der Waals surface area contributed by atoms with Crippen LogP contribution in [0.3, 0.4) is 0 Å². The van der Waals surface area contributed by atoms with E-state index in [4.69, 9.17) is 5.11 Å². The number of hydrogen-bond donors (Lipinski definition) is 3. The summed E-state index contributed by atoms with van der Waals surface area (Å²) in [6.45, 7) is 3.84. The van der Waals surface area contributed by atoms with E-state index < -0.39 is 18.2 Å². The third-order valence-electron chi connectivity index (χ3n) is 3.87. The normalized spacial score (nSPS) is 13.8. The predicted octanol–water partition coefficient (Wildman–Crippen LogP) is 2.97. The lowest BCUT2D eigenvalue weighted by molar-refractivity contribution is -0.139. The average Bonchev–Trinajstić information content (AvgIpc) is 2.53. The van der Waals surface area contributed by atoms with Gasteiger partial charge < -0.3 is 15.3 Å². The number of carboxylic acids is 1. The number of hydrogen-bond acceptors (Lipinski definition) is 4. The Morgan fingerprint density at radius 3 is 2.52 bits per heavy atom. The molecule has 132 valence electrons. The number of benzene rings is 1. The first-order chi connectivity index (χ1) is 11.9. The van der Waals surface area contributed by atoms with Crippen LogP contribution >= 0.6 is 0 Å². The second-order valence-electron chi connectivity index (χ2n) is 6.09. The van der Waals surface area contributed by atoms with Gasteiger partial charge in [0.2, 0.25) is 0 Å². The minimum Gasteiger partial charge on any atom is -0.481 e. The summed E-state index contributed by atoms with van der Waals surface area (Å²) in [5.41, 5.74) is 4.71. The molecular formula is C20H23NO4. The molecule has 0 bridgehead atoms. The Bertz CT molecular complexity index is 756. The Labute approximate surface area is 147 Å². The summed E-state index contributed by atoms with van der Waals surface area (Å²) >= 11 is 0. The summed E-state index contributed by atoms with van der Waals surface area (Å²) in [6, 6.07) is 11.9. The van der Waals surface area contributed by atoms with Crippen molar-refractivity contribution in [1.82, 2.24) is 4.98 Å². The molecule has 5 heteroatoms. The Morgan fingerprint density at radius 2 is 1.88 bits per heavy atom. The summed E-state index contributed by atoms with van der Waals surface area (Å²) in [4.78, 5) is 15.1. The lowest BCUT2D eigenvalue weighted by Gasteiger charge is -2.13. The van der Waals surface area contributed by atoms with E-state index in [1.54, 1.807) is 12.2 Å². The van der Waals surface area contributed by atoms with E-state index in [9.17, 15) is 15.0 Å². The average molecular weight is 341 g/mol. The molecule has 0 fully saturated rings. The van der Waals surface area contributed by atoms with Gasteiger partial charge in [-0.3, -0.25) is 9.78 Å². The number of aliphatic hydroxyl groups excluding tert-OH is 2. The van der Waals surface area contributed by atoms with Crippen LogP contribution in [0, 0.1) is 13.8 Å². The molecule has 3 N–H and O–H groups in total. The van der Waals surface area contributed by atoms with Gasteiger partial charge in [-0.05, 0) is 31.0 Å². The van der Waals surface area contributed by atoms with Crippen LogP contribution in [0.1, 0.15) is 29.8 Å². The van der Waals surface area contributed by atoms with Crippen molar-refractivity contribution in [3.63, 3.8) is 0 Å². The first-order valence-corrected chi connectivity index (χ1v) is 8.16. The maximum absolute atomic E-state index is 10.6. The first kappa shape index (κ1) is 18.8. The zero-order chi connectivity index (χ0) is 18.4. The molecular weight excluding hydrogens is 318 g/mol. The van der Waals surface area contributed by atoms with E-state index in [-0.39, 0.29) is 12.8 Å². The topological polar surface area (TPSA) is 90.7 Å². The van der Waals surface area contributed by atoms with Crippen molar-refractivity contribution in [2.24, 2.45) is 0 Å². The molecule has 0 amide bonds. The van der Waals surface area contributed by atoms with Crippen LogP contribution in [0.4, 0.5) is 0 Å². The maximum Gasteiger partial charge on any atom is 0.305 e. The number of aromatic nitrogens is 1. The summed E-state index contributed by atoms with van der Waals surface area (Å²) in [6.07, 6.45) is 0.924. The summed E-state index contributed by atoms with van der Waals surface area (Å²) < 4.78 is 0. The molecule has 0 radical (unpaired) electrons. The second-order valence-corrected chi connectivity index (χ2v) is 6.09. The van der Waals surface area contributed by atoms with Gasteiger partial charge in [0.15, 0.2) is 0 Å². The van der Waals surface area contributed by atoms with Gasteiger partial charge in [-0.25, -0.2) is 0 Å². The Kier molecular flexibility index (Phi) is 6.44. The third kappa shape index (κ3) is 5.52. The van der Waals surface area contributed by atoms with Crippen molar-refractivity contribution >= 4 is 12.0 Å². The molecule has 1 aromatic carbocycles. The van der Waals surface area contributed by atoms with E-state index in [0.717, 1.165) is 28.1 Å². The van der Waals surface area contributed by atoms with Crippen LogP contribution in [0.25, 0.3) is 17.2 Å². The Hall–Kier alpha value is -2.50. The van der Waals surface area contributed by atoms with Crippen LogP contribution in [0.5, 0.6) is 0 Å². The largest absolute Gasteiger partial charge is 0.481 e. The highest BCUT2D eigenvalue weighted by Crippen LogP contribution is 2.27. The van der Waals surface area contributed by atoms with Gasteiger partial charge in [0.25, 0.3) is 0 Å². The highest BCUT2D eigenvalue weighted by atomic mass is 16.4. The predicted molar refractivity (Wildman–Crippen MR) is 97.1 cm³/mol. The molecule has 0 aliphatic rings. The molecule has 0 saturated carbocycles. The molecule has 2 unspecified atom stereocenters. The molecule has 0 aliphatic heterocycles. The highest BCUT2D eigenvalue weighted by molar-refractivity contribution is 5.76. The van der Waals surface area contributed by atoms with E-state index in [0.29, 0.717) is 0 Å². The molecule has 5 nitrogen and oxygen atoms in total. The number of carboxylic acid groups (broad SMARTS) is 1. The van der Waals surface area contributed by atoms with Crippen molar-refractivity contribution in [2.45, 2.75) is 38.9 Å². The lowest BCUT2D eigenvalue weighted by Crippen LogP contribution is -2.19. The fourth-order valence-corrected chi connectivity index (χ4v) is 2.76. The molecule has 0 spiro atoms. The SMILES string of the molecule is Cc1cc(-c2ccccc2)c(/C=C/C(O)CC(O)CC(=O)O)c(C)n1. The van der Waals surface area contributed by atoms with Crippen molar-refractivity contribution in [2.75, 3.05) is 0 Å². The van der Waals surface area contributed by atoms with Gasteiger partial charge in [0.05, 0.1) is 18.6 Å². The van der Waals surface area contributed by atoms with E-state index in [1.807, 2.05) is 50.2 Å². The first-order valence-electron chi connectivity index (χ1n) is 8.16. The van der Waals surface area contributed by atoms with Gasteiger partial charge in [-0.15, -0.1) is 0 Å². The van der Waals surface area contributed by atoms with Crippen LogP contribution in [0.15, 0.2) is 42.5 Å². The molecule has 1 aromatic heterocycles. The van der Waals surface area contributed by atoms with Gasteiger partial charge in [-0.2, -0.15) is 0 Å². The quantitative estimate of drug-likeness (QED) is 0.720. The van der Waals surface area contributed by atoms with Crippen LogP contribution in [0.2, 0.25) is 0 Å². The van der Waals surface area contributed by atoms with Crippen LogP contribution in [-0.4, -0.2) is 38.5 Å². The number of rotatable bonds is 7. The summed E-state index contributed by atoms with van der Waals surface area (Å²) in [7, 11) is 0. The number of aliphatic hydroxyl groups is 2. The maximum atomic E-state index is 10.6.